The highest BCUT2D eigenvalue weighted by atomic mass is 16.7. The summed E-state index contributed by atoms with van der Waals surface area (Å²) in [6, 6.07) is -2.22. The average molecular weight is 571 g/mol. The van der Waals surface area contributed by atoms with Crippen LogP contribution in [0.5, 0.6) is 0 Å². The van der Waals surface area contributed by atoms with Gasteiger partial charge in [0.05, 0.1) is 25.4 Å². The highest BCUT2D eigenvalue weighted by Gasteiger charge is 2.53. The molecule has 0 aliphatic carbocycles. The summed E-state index contributed by atoms with van der Waals surface area (Å²) < 4.78 is 27.7. The summed E-state index contributed by atoms with van der Waals surface area (Å²) in [4.78, 5) is 23.6. The Bertz CT molecular complexity index is 805. The number of aliphatic hydroxyl groups excluding tert-OH is 8. The lowest BCUT2D eigenvalue weighted by atomic mass is 9.93. The SMILES string of the molecule is CC(=O)N[C@@H]1[C@H](O[C@H]2O[C@H](CO)[C@H](O[C@@H]3O[C@H](CO)[C@H](O)[C@H](O)[C@H]3O)[C@H](O)[C@H]2O)[C@@H](NC(C)=O)C(O)O[C@@H]1C. The van der Waals surface area contributed by atoms with E-state index in [1.165, 1.54) is 20.8 Å². The van der Waals surface area contributed by atoms with Gasteiger partial charge in [0.15, 0.2) is 18.9 Å². The van der Waals surface area contributed by atoms with Gasteiger partial charge < -0.3 is 75.2 Å². The fraction of sp³-hybridized carbons (Fsp3) is 0.909. The van der Waals surface area contributed by atoms with Crippen molar-refractivity contribution in [1.29, 1.82) is 0 Å². The van der Waals surface area contributed by atoms with Gasteiger partial charge in [0.25, 0.3) is 0 Å². The number of carbonyl (C=O) groups is 2. The molecule has 0 aromatic rings. The van der Waals surface area contributed by atoms with E-state index in [1.54, 1.807) is 0 Å². The van der Waals surface area contributed by atoms with Crippen LogP contribution in [-0.2, 0) is 33.3 Å². The molecule has 3 heterocycles. The van der Waals surface area contributed by atoms with Gasteiger partial charge in [0.1, 0.15) is 61.0 Å². The Morgan fingerprint density at radius 3 is 1.69 bits per heavy atom. The molecule has 15 atom stereocenters. The van der Waals surface area contributed by atoms with Gasteiger partial charge in [-0.1, -0.05) is 0 Å². The molecule has 17 nitrogen and oxygen atoms in total. The van der Waals surface area contributed by atoms with Gasteiger partial charge in [0.2, 0.25) is 11.8 Å². The van der Waals surface area contributed by atoms with Crippen molar-refractivity contribution in [2.24, 2.45) is 0 Å². The van der Waals surface area contributed by atoms with Crippen molar-refractivity contribution in [2.45, 2.75) is 113 Å². The fourth-order valence-corrected chi connectivity index (χ4v) is 4.86. The Hall–Kier alpha value is -1.58. The molecule has 0 radical (unpaired) electrons. The van der Waals surface area contributed by atoms with Crippen molar-refractivity contribution in [3.63, 3.8) is 0 Å². The lowest BCUT2D eigenvalue weighted by molar-refractivity contribution is -0.368. The molecule has 0 spiro atoms. The van der Waals surface area contributed by atoms with Crippen LogP contribution in [0.1, 0.15) is 20.8 Å². The van der Waals surface area contributed by atoms with Crippen molar-refractivity contribution in [1.82, 2.24) is 10.6 Å². The maximum atomic E-state index is 11.8. The molecule has 3 aliphatic rings. The predicted molar refractivity (Wildman–Crippen MR) is 123 cm³/mol. The van der Waals surface area contributed by atoms with E-state index in [9.17, 15) is 50.4 Å². The Morgan fingerprint density at radius 1 is 0.667 bits per heavy atom. The molecule has 0 aromatic heterocycles. The van der Waals surface area contributed by atoms with Gasteiger partial charge in [0, 0.05) is 13.8 Å². The van der Waals surface area contributed by atoms with Crippen LogP contribution >= 0.6 is 0 Å². The van der Waals surface area contributed by atoms with Crippen LogP contribution in [-0.4, -0.2) is 158 Å². The number of hydrogen-bond acceptors (Lipinski definition) is 15. The summed E-state index contributed by atoms with van der Waals surface area (Å²) in [6.45, 7) is 2.38. The molecule has 39 heavy (non-hydrogen) atoms. The number of aliphatic hydroxyl groups is 8. The van der Waals surface area contributed by atoms with E-state index in [0.29, 0.717) is 0 Å². The average Bonchev–Trinajstić information content (AvgIpc) is 2.87. The van der Waals surface area contributed by atoms with Crippen LogP contribution in [0.3, 0.4) is 0 Å². The molecular weight excluding hydrogens is 532 g/mol. The lowest BCUT2D eigenvalue weighted by Gasteiger charge is -2.49. The largest absolute Gasteiger partial charge is 0.394 e. The van der Waals surface area contributed by atoms with Gasteiger partial charge in [-0.25, -0.2) is 0 Å². The second-order valence-electron chi connectivity index (χ2n) is 9.79. The number of amides is 2. The van der Waals surface area contributed by atoms with Crippen LogP contribution in [0, 0.1) is 0 Å². The summed E-state index contributed by atoms with van der Waals surface area (Å²) in [7, 11) is 0. The van der Waals surface area contributed by atoms with E-state index in [-0.39, 0.29) is 0 Å². The summed E-state index contributed by atoms with van der Waals surface area (Å²) in [5.41, 5.74) is 0. The number of carbonyl (C=O) groups excluding carboxylic acids is 2. The third kappa shape index (κ3) is 7.02. The summed E-state index contributed by atoms with van der Waals surface area (Å²) in [5.74, 6) is -1.06. The van der Waals surface area contributed by atoms with Gasteiger partial charge in [-0.15, -0.1) is 0 Å². The highest BCUT2D eigenvalue weighted by Crippen LogP contribution is 2.32. The monoisotopic (exact) mass is 570 g/mol. The van der Waals surface area contributed by atoms with Gasteiger partial charge in [-0.3, -0.25) is 9.59 Å². The normalized spacial score (nSPS) is 46.9. The first-order valence-corrected chi connectivity index (χ1v) is 12.4. The molecule has 17 heteroatoms. The smallest absolute Gasteiger partial charge is 0.217 e. The van der Waals surface area contributed by atoms with Crippen LogP contribution in [0.4, 0.5) is 0 Å². The summed E-state index contributed by atoms with van der Waals surface area (Å²) in [5, 5.41) is 86.8. The molecule has 0 bridgehead atoms. The maximum absolute atomic E-state index is 11.8. The third-order valence-corrected chi connectivity index (χ3v) is 6.87. The van der Waals surface area contributed by atoms with Crippen molar-refractivity contribution in [3.8, 4) is 0 Å². The van der Waals surface area contributed by atoms with Crippen molar-refractivity contribution in [3.05, 3.63) is 0 Å². The van der Waals surface area contributed by atoms with E-state index in [0.717, 1.165) is 0 Å². The van der Waals surface area contributed by atoms with Crippen LogP contribution in [0.2, 0.25) is 0 Å². The molecule has 10 N–H and O–H groups in total. The Morgan fingerprint density at radius 2 is 1.15 bits per heavy atom. The van der Waals surface area contributed by atoms with Gasteiger partial charge in [-0.2, -0.15) is 0 Å². The number of hydrogen-bond donors (Lipinski definition) is 10. The summed E-state index contributed by atoms with van der Waals surface area (Å²) in [6.07, 6.45) is -20.4. The van der Waals surface area contributed by atoms with E-state index in [4.69, 9.17) is 23.7 Å². The molecule has 1 unspecified atom stereocenters. The molecule has 3 saturated heterocycles. The van der Waals surface area contributed by atoms with E-state index in [2.05, 4.69) is 10.6 Å². The van der Waals surface area contributed by atoms with E-state index in [1.807, 2.05) is 0 Å². The first kappa shape index (κ1) is 31.9. The van der Waals surface area contributed by atoms with Gasteiger partial charge in [-0.05, 0) is 6.92 Å². The van der Waals surface area contributed by atoms with E-state index >= 15 is 0 Å². The maximum Gasteiger partial charge on any atom is 0.217 e. The van der Waals surface area contributed by atoms with Crippen molar-refractivity contribution in [2.75, 3.05) is 13.2 Å². The Kier molecular flexibility index (Phi) is 11.0. The summed E-state index contributed by atoms with van der Waals surface area (Å²) >= 11 is 0. The van der Waals surface area contributed by atoms with Crippen molar-refractivity contribution >= 4 is 11.8 Å². The number of rotatable bonds is 8. The predicted octanol–water partition coefficient (Wildman–Crippen LogP) is -6.26. The molecule has 3 aliphatic heterocycles. The number of ether oxygens (including phenoxy) is 5. The first-order valence-electron chi connectivity index (χ1n) is 12.4. The molecule has 0 aromatic carbocycles. The Labute approximate surface area is 223 Å². The van der Waals surface area contributed by atoms with E-state index < -0.39 is 117 Å². The zero-order valence-corrected chi connectivity index (χ0v) is 21.5. The lowest BCUT2D eigenvalue weighted by Crippen LogP contribution is -2.70. The van der Waals surface area contributed by atoms with Crippen LogP contribution in [0.25, 0.3) is 0 Å². The molecular formula is C22H38N2O15. The first-order chi connectivity index (χ1) is 18.3. The minimum absolute atomic E-state index is 0.492. The quantitative estimate of drug-likeness (QED) is 0.130. The van der Waals surface area contributed by atoms with Gasteiger partial charge >= 0.3 is 0 Å². The topological polar surface area (TPSA) is 266 Å². The van der Waals surface area contributed by atoms with Crippen LogP contribution < -0.4 is 10.6 Å². The number of nitrogens with one attached hydrogen (secondary N) is 2. The van der Waals surface area contributed by atoms with Crippen molar-refractivity contribution < 1.29 is 74.1 Å². The minimum atomic E-state index is -1.88. The molecule has 226 valence electrons. The molecule has 0 saturated carbocycles. The second kappa shape index (κ2) is 13.4. The Balaban J connectivity index is 1.81. The zero-order chi connectivity index (χ0) is 29.2. The zero-order valence-electron chi connectivity index (χ0n) is 21.5. The minimum Gasteiger partial charge on any atom is -0.394 e. The third-order valence-electron chi connectivity index (χ3n) is 6.87. The second-order valence-corrected chi connectivity index (χ2v) is 9.79. The molecule has 3 fully saturated rings. The highest BCUT2D eigenvalue weighted by molar-refractivity contribution is 5.74. The molecule has 2 amide bonds. The molecule has 3 rings (SSSR count). The van der Waals surface area contributed by atoms with Crippen LogP contribution in [0.15, 0.2) is 0 Å². The standard InChI is InChI=1S/C22H38N2O15/c1-6-11(23-7(2)27)19(12(20(34)35-6)24-8(3)28)39-22-17(33)15(31)18(10(5-26)37-22)38-21-16(32)14(30)13(29)9(4-25)36-21/h6,9-22,25-26,29-34H,4-5H2,1-3H3,(H,23,27)(H,24,28)/t6-,9-,10-,11+,12-,13+,14+,15-,16-,17-,18+,19+,20?,21+,22-/m1/s1. The fourth-order valence-electron chi connectivity index (χ4n) is 4.86.